The molecule has 0 bridgehead atoms. The maximum absolute atomic E-state index is 13.2. The molecule has 32 heavy (non-hydrogen) atoms. The summed E-state index contributed by atoms with van der Waals surface area (Å²) in [6.07, 6.45) is 3.26. The summed E-state index contributed by atoms with van der Waals surface area (Å²) in [6, 6.07) is 1.21. The Morgan fingerprint density at radius 1 is 1.28 bits per heavy atom. The van der Waals surface area contributed by atoms with Crippen LogP contribution in [0, 0.1) is 6.92 Å². The van der Waals surface area contributed by atoms with Crippen LogP contribution in [0.4, 0.5) is 0 Å². The van der Waals surface area contributed by atoms with Gasteiger partial charge in [-0.1, -0.05) is 11.3 Å². The van der Waals surface area contributed by atoms with Gasteiger partial charge in [-0.3, -0.25) is 4.98 Å². The van der Waals surface area contributed by atoms with E-state index in [1.807, 2.05) is 0 Å². The first kappa shape index (κ1) is 23.1. The normalized spacial score (nSPS) is 20.1. The van der Waals surface area contributed by atoms with Gasteiger partial charge in [-0.2, -0.15) is 5.10 Å². The molecule has 10 nitrogen and oxygen atoms in total. The number of pyridine rings is 1. The first-order valence-electron chi connectivity index (χ1n) is 10.3. The number of rotatable bonds is 6. The van der Waals surface area contributed by atoms with Crippen LogP contribution in [0.5, 0.6) is 5.75 Å². The molecule has 0 saturated heterocycles. The average Bonchev–Trinajstić information content (AvgIpc) is 3.26. The van der Waals surface area contributed by atoms with Crippen LogP contribution in [0.15, 0.2) is 17.2 Å². The summed E-state index contributed by atoms with van der Waals surface area (Å²) >= 11 is 1.26. The van der Waals surface area contributed by atoms with E-state index in [-0.39, 0.29) is 22.8 Å². The second kappa shape index (κ2) is 8.34. The van der Waals surface area contributed by atoms with Gasteiger partial charge in [-0.05, 0) is 52.5 Å². The van der Waals surface area contributed by atoms with Crippen LogP contribution in [0.2, 0.25) is 0 Å². The Hall–Kier alpha value is -2.12. The number of methoxy groups -OCH3 is 1. The molecule has 0 spiro atoms. The van der Waals surface area contributed by atoms with Crippen molar-refractivity contribution in [1.29, 1.82) is 0 Å². The maximum Gasteiger partial charge on any atom is 0.244 e. The third-order valence-electron chi connectivity index (χ3n) is 5.50. The molecule has 0 radical (unpaired) electrons. The van der Waals surface area contributed by atoms with Gasteiger partial charge in [-0.15, -0.1) is 0 Å². The Morgan fingerprint density at radius 3 is 2.59 bits per heavy atom. The van der Waals surface area contributed by atoms with E-state index in [1.165, 1.54) is 30.7 Å². The molecule has 3 N–H and O–H groups in total. The zero-order valence-corrected chi connectivity index (χ0v) is 20.0. The zero-order valence-electron chi connectivity index (χ0n) is 18.4. The van der Waals surface area contributed by atoms with E-state index in [0.717, 1.165) is 0 Å². The molecule has 174 valence electrons. The number of imidazole rings is 1. The molecule has 4 rings (SSSR count). The van der Waals surface area contributed by atoms with Crippen LogP contribution in [-0.2, 0) is 15.6 Å². The number of nitrogens with one attached hydrogen (secondary N) is 1. The number of ether oxygens (including phenoxy) is 1. The Kier molecular flexibility index (Phi) is 6.01. The lowest BCUT2D eigenvalue weighted by Gasteiger charge is -2.26. The minimum absolute atomic E-state index is 0.0246. The van der Waals surface area contributed by atoms with Crippen LogP contribution >= 0.6 is 11.3 Å². The van der Waals surface area contributed by atoms with Crippen molar-refractivity contribution in [1.82, 2.24) is 24.3 Å². The van der Waals surface area contributed by atoms with E-state index in [0.29, 0.717) is 52.7 Å². The predicted molar refractivity (Wildman–Crippen MR) is 119 cm³/mol. The molecular formula is C20H27N5O5S2. The molecule has 3 aromatic rings. The van der Waals surface area contributed by atoms with Crippen molar-refractivity contribution in [2.45, 2.75) is 69.1 Å². The van der Waals surface area contributed by atoms with Gasteiger partial charge in [0.25, 0.3) is 0 Å². The number of hydrogen-bond donors (Lipinski definition) is 3. The van der Waals surface area contributed by atoms with Crippen LogP contribution in [0.1, 0.15) is 50.2 Å². The Labute approximate surface area is 190 Å². The number of aliphatic hydroxyl groups is 2. The SMILES string of the molecule is COc1cnc(-c2c(C)nc3sc(C(C)(C)O)nn23)cc1S(=O)(=O)NC1CCC(O)CC1. The fourth-order valence-electron chi connectivity index (χ4n) is 3.78. The van der Waals surface area contributed by atoms with Gasteiger partial charge in [0.15, 0.2) is 5.75 Å². The second-order valence-corrected chi connectivity index (χ2v) is 11.2. The van der Waals surface area contributed by atoms with Gasteiger partial charge in [0.1, 0.15) is 21.2 Å². The van der Waals surface area contributed by atoms with Crippen molar-refractivity contribution < 1.29 is 23.4 Å². The molecule has 0 aromatic carbocycles. The topological polar surface area (TPSA) is 139 Å². The predicted octanol–water partition coefficient (Wildman–Crippen LogP) is 1.98. The number of nitrogens with zero attached hydrogens (tertiary/aromatic N) is 4. The minimum Gasteiger partial charge on any atom is -0.494 e. The van der Waals surface area contributed by atoms with Gasteiger partial charge in [0.05, 0.1) is 30.8 Å². The highest BCUT2D eigenvalue weighted by Crippen LogP contribution is 2.33. The van der Waals surface area contributed by atoms with Gasteiger partial charge >= 0.3 is 0 Å². The number of aliphatic hydroxyl groups excluding tert-OH is 1. The van der Waals surface area contributed by atoms with E-state index >= 15 is 0 Å². The molecular weight excluding hydrogens is 454 g/mol. The standard InChI is InChI=1S/C20H27N5O5S2/c1-11-17(25-19(22-11)31-18(23-25)20(2,3)27)14-9-16(15(30-4)10-21-14)32(28,29)24-12-5-7-13(26)8-6-12/h9-10,12-13,24,26-27H,5-8H2,1-4H3. The largest absolute Gasteiger partial charge is 0.494 e. The smallest absolute Gasteiger partial charge is 0.244 e. The second-order valence-electron chi connectivity index (χ2n) is 8.55. The molecule has 3 heterocycles. The summed E-state index contributed by atoms with van der Waals surface area (Å²) < 4.78 is 36.0. The minimum atomic E-state index is -3.90. The molecule has 0 unspecified atom stereocenters. The van der Waals surface area contributed by atoms with Gasteiger partial charge in [0.2, 0.25) is 15.0 Å². The van der Waals surface area contributed by atoms with Crippen molar-refractivity contribution in [3.63, 3.8) is 0 Å². The van der Waals surface area contributed by atoms with Crippen LogP contribution in [0.25, 0.3) is 16.3 Å². The third-order valence-corrected chi connectivity index (χ3v) is 8.27. The van der Waals surface area contributed by atoms with Gasteiger partial charge in [-0.25, -0.2) is 22.6 Å². The highest BCUT2D eigenvalue weighted by atomic mass is 32.2. The van der Waals surface area contributed by atoms with Crippen molar-refractivity contribution in [3.05, 3.63) is 23.0 Å². The first-order chi connectivity index (χ1) is 15.0. The summed E-state index contributed by atoms with van der Waals surface area (Å²) in [7, 11) is -2.51. The van der Waals surface area contributed by atoms with Crippen LogP contribution in [-0.4, -0.2) is 57.5 Å². The quantitative estimate of drug-likeness (QED) is 0.486. The number of aromatic nitrogens is 4. The molecule has 12 heteroatoms. The maximum atomic E-state index is 13.2. The van der Waals surface area contributed by atoms with Crippen molar-refractivity contribution in [3.8, 4) is 17.1 Å². The lowest BCUT2D eigenvalue weighted by molar-refractivity contribution is 0.0773. The summed E-state index contributed by atoms with van der Waals surface area (Å²) in [4.78, 5) is 9.46. The van der Waals surface area contributed by atoms with E-state index < -0.39 is 15.6 Å². The number of aryl methyl sites for hydroxylation is 1. The fraction of sp³-hybridized carbons (Fsp3) is 0.550. The van der Waals surface area contributed by atoms with Crippen molar-refractivity contribution in [2.75, 3.05) is 7.11 Å². The Bertz CT molecular complexity index is 1240. The molecule has 1 aliphatic rings. The van der Waals surface area contributed by atoms with Crippen molar-refractivity contribution in [2.24, 2.45) is 0 Å². The third kappa shape index (κ3) is 4.37. The van der Waals surface area contributed by atoms with E-state index in [9.17, 15) is 18.6 Å². The van der Waals surface area contributed by atoms with Crippen LogP contribution in [0.3, 0.4) is 0 Å². The number of sulfonamides is 1. The molecule has 1 fully saturated rings. The molecule has 3 aromatic heterocycles. The summed E-state index contributed by atoms with van der Waals surface area (Å²) in [5.41, 5.74) is 0.436. The van der Waals surface area contributed by atoms with E-state index in [4.69, 9.17) is 4.74 Å². The molecule has 1 saturated carbocycles. The lowest BCUT2D eigenvalue weighted by Crippen LogP contribution is -2.38. The van der Waals surface area contributed by atoms with Crippen molar-refractivity contribution >= 4 is 26.3 Å². The summed E-state index contributed by atoms with van der Waals surface area (Å²) in [6.45, 7) is 5.08. The summed E-state index contributed by atoms with van der Waals surface area (Å²) in [5, 5.41) is 25.0. The Balaban J connectivity index is 1.75. The lowest BCUT2D eigenvalue weighted by atomic mass is 9.94. The first-order valence-corrected chi connectivity index (χ1v) is 12.6. The van der Waals surface area contributed by atoms with Gasteiger partial charge < -0.3 is 14.9 Å². The van der Waals surface area contributed by atoms with E-state index in [1.54, 1.807) is 25.3 Å². The molecule has 1 aliphatic carbocycles. The molecule has 0 amide bonds. The average molecular weight is 482 g/mol. The van der Waals surface area contributed by atoms with Gasteiger partial charge in [0, 0.05) is 6.04 Å². The highest BCUT2D eigenvalue weighted by molar-refractivity contribution is 7.89. The summed E-state index contributed by atoms with van der Waals surface area (Å²) in [5.74, 6) is 0.131. The monoisotopic (exact) mass is 481 g/mol. The molecule has 0 aliphatic heterocycles. The number of hydrogen-bond acceptors (Lipinski definition) is 9. The van der Waals surface area contributed by atoms with Crippen LogP contribution < -0.4 is 9.46 Å². The number of fused-ring (bicyclic) bond motifs is 1. The Morgan fingerprint density at radius 2 is 1.97 bits per heavy atom. The van der Waals surface area contributed by atoms with E-state index in [2.05, 4.69) is 19.8 Å². The fourth-order valence-corrected chi connectivity index (χ4v) is 6.20. The highest BCUT2D eigenvalue weighted by Gasteiger charge is 2.29. The molecule has 0 atom stereocenters. The zero-order chi connectivity index (χ0) is 23.3.